The Balaban J connectivity index is 2.88. The lowest BCUT2D eigenvalue weighted by molar-refractivity contribution is -0.143. The number of rotatable bonds is 12. The molecule has 0 aliphatic heterocycles. The van der Waals surface area contributed by atoms with Crippen LogP contribution in [0.5, 0.6) is 0 Å². The van der Waals surface area contributed by atoms with Gasteiger partial charge in [0.05, 0.1) is 12.6 Å². The van der Waals surface area contributed by atoms with Crippen LogP contribution in [0.15, 0.2) is 30.3 Å². The van der Waals surface area contributed by atoms with Gasteiger partial charge in [0.25, 0.3) is 0 Å². The van der Waals surface area contributed by atoms with Crippen LogP contribution in [-0.2, 0) is 25.6 Å². The van der Waals surface area contributed by atoms with Gasteiger partial charge in [0.2, 0.25) is 17.7 Å². The van der Waals surface area contributed by atoms with Gasteiger partial charge >= 0.3 is 5.97 Å². The van der Waals surface area contributed by atoms with Gasteiger partial charge in [-0.15, -0.1) is 0 Å². The second-order valence-corrected chi connectivity index (χ2v) is 7.39. The number of hydrogen-bond acceptors (Lipinski definition) is 6. The van der Waals surface area contributed by atoms with Crippen LogP contribution in [0.1, 0.15) is 25.8 Å². The van der Waals surface area contributed by atoms with Gasteiger partial charge in [-0.2, -0.15) is 12.6 Å². The number of aliphatic carboxylic acids is 1. The van der Waals surface area contributed by atoms with Crippen molar-refractivity contribution in [3.8, 4) is 0 Å². The molecule has 1 aromatic rings. The fourth-order valence-corrected chi connectivity index (χ4v) is 2.79. The molecular weight excluding hydrogens is 408 g/mol. The van der Waals surface area contributed by atoms with Gasteiger partial charge in [0.1, 0.15) is 12.1 Å². The van der Waals surface area contributed by atoms with E-state index in [4.69, 9.17) is 5.73 Å². The van der Waals surface area contributed by atoms with Crippen molar-refractivity contribution in [1.29, 1.82) is 0 Å². The lowest BCUT2D eigenvalue weighted by atomic mass is 9.98. The van der Waals surface area contributed by atoms with E-state index in [1.165, 1.54) is 0 Å². The van der Waals surface area contributed by atoms with E-state index in [1.807, 2.05) is 13.0 Å². The number of thiol groups is 1. The Bertz CT molecular complexity index is 731. The molecule has 1 aromatic carbocycles. The molecule has 0 heterocycles. The van der Waals surface area contributed by atoms with Crippen LogP contribution in [0.2, 0.25) is 0 Å². The molecule has 10 heteroatoms. The largest absolute Gasteiger partial charge is 0.480 e. The zero-order chi connectivity index (χ0) is 22.7. The van der Waals surface area contributed by atoms with Gasteiger partial charge in [-0.25, -0.2) is 4.79 Å². The second kappa shape index (κ2) is 12.9. The average molecular weight is 439 g/mol. The minimum atomic E-state index is -1.14. The van der Waals surface area contributed by atoms with Crippen LogP contribution in [0.4, 0.5) is 0 Å². The SMILES string of the molecule is CCC(C)C(NC(=O)C(Cc1ccccc1)NC(=O)CNC(=O)C(N)CS)C(=O)O. The van der Waals surface area contributed by atoms with Gasteiger partial charge in [-0.1, -0.05) is 50.6 Å². The maximum Gasteiger partial charge on any atom is 0.326 e. The lowest BCUT2D eigenvalue weighted by Gasteiger charge is -2.24. The summed E-state index contributed by atoms with van der Waals surface area (Å²) in [6.45, 7) is 3.19. The highest BCUT2D eigenvalue weighted by Crippen LogP contribution is 2.10. The van der Waals surface area contributed by atoms with Crippen molar-refractivity contribution in [2.45, 2.75) is 44.8 Å². The molecule has 4 atom stereocenters. The lowest BCUT2D eigenvalue weighted by Crippen LogP contribution is -2.55. The number of nitrogens with one attached hydrogen (secondary N) is 3. The molecule has 0 radical (unpaired) electrons. The van der Waals surface area contributed by atoms with Crippen LogP contribution in [-0.4, -0.2) is 59.2 Å². The molecule has 1 rings (SSSR count). The Labute approximate surface area is 181 Å². The number of carboxylic acid groups (broad SMARTS) is 1. The third-order valence-electron chi connectivity index (χ3n) is 4.67. The van der Waals surface area contributed by atoms with Crippen molar-refractivity contribution in [2.24, 2.45) is 11.7 Å². The Morgan fingerprint density at radius 1 is 1.10 bits per heavy atom. The monoisotopic (exact) mass is 438 g/mol. The first-order valence-electron chi connectivity index (χ1n) is 9.70. The third-order valence-corrected chi connectivity index (χ3v) is 5.06. The summed E-state index contributed by atoms with van der Waals surface area (Å²) in [5.41, 5.74) is 6.33. The first kappa shape index (κ1) is 25.4. The molecule has 0 aliphatic rings. The van der Waals surface area contributed by atoms with E-state index in [2.05, 4.69) is 28.6 Å². The van der Waals surface area contributed by atoms with Crippen molar-refractivity contribution in [3.63, 3.8) is 0 Å². The normalized spacial score (nSPS) is 14.7. The number of carbonyl (C=O) groups is 4. The number of hydrogen-bond donors (Lipinski definition) is 6. The Kier molecular flexibility index (Phi) is 10.9. The zero-order valence-electron chi connectivity index (χ0n) is 17.1. The number of carboxylic acids is 1. The molecular formula is C20H30N4O5S. The van der Waals surface area contributed by atoms with Crippen molar-refractivity contribution in [2.75, 3.05) is 12.3 Å². The molecule has 4 unspecified atom stereocenters. The number of carbonyl (C=O) groups excluding carboxylic acids is 3. The van der Waals surface area contributed by atoms with Crippen LogP contribution in [0, 0.1) is 5.92 Å². The minimum Gasteiger partial charge on any atom is -0.480 e. The molecule has 9 nitrogen and oxygen atoms in total. The van der Waals surface area contributed by atoms with E-state index < -0.39 is 41.8 Å². The van der Waals surface area contributed by atoms with E-state index in [0.717, 1.165) is 5.56 Å². The van der Waals surface area contributed by atoms with Gasteiger partial charge in [0, 0.05) is 12.2 Å². The fraction of sp³-hybridized carbons (Fsp3) is 0.500. The maximum absolute atomic E-state index is 12.8. The van der Waals surface area contributed by atoms with Crippen molar-refractivity contribution in [3.05, 3.63) is 35.9 Å². The summed E-state index contributed by atoms with van der Waals surface area (Å²) in [4.78, 5) is 48.3. The van der Waals surface area contributed by atoms with Crippen LogP contribution >= 0.6 is 12.6 Å². The highest BCUT2D eigenvalue weighted by atomic mass is 32.1. The molecule has 0 fully saturated rings. The molecule has 166 valence electrons. The summed E-state index contributed by atoms with van der Waals surface area (Å²) in [6, 6.07) is 6.06. The smallest absolute Gasteiger partial charge is 0.326 e. The van der Waals surface area contributed by atoms with E-state index in [0.29, 0.717) is 6.42 Å². The molecule has 0 saturated heterocycles. The molecule has 6 N–H and O–H groups in total. The topological polar surface area (TPSA) is 151 Å². The predicted octanol–water partition coefficient (Wildman–Crippen LogP) is -0.297. The van der Waals surface area contributed by atoms with E-state index in [9.17, 15) is 24.3 Å². The first-order chi connectivity index (χ1) is 14.2. The van der Waals surface area contributed by atoms with Gasteiger partial charge < -0.3 is 26.8 Å². The molecule has 30 heavy (non-hydrogen) atoms. The number of nitrogens with two attached hydrogens (primary N) is 1. The summed E-state index contributed by atoms with van der Waals surface area (Å²) in [7, 11) is 0. The van der Waals surface area contributed by atoms with Gasteiger partial charge in [-0.3, -0.25) is 14.4 Å². The molecule has 0 spiro atoms. The van der Waals surface area contributed by atoms with Crippen LogP contribution in [0.25, 0.3) is 0 Å². The number of benzene rings is 1. The first-order valence-corrected chi connectivity index (χ1v) is 10.3. The highest BCUT2D eigenvalue weighted by Gasteiger charge is 2.29. The fourth-order valence-electron chi connectivity index (χ4n) is 2.62. The highest BCUT2D eigenvalue weighted by molar-refractivity contribution is 7.80. The predicted molar refractivity (Wildman–Crippen MR) is 116 cm³/mol. The molecule has 0 bridgehead atoms. The Morgan fingerprint density at radius 2 is 1.73 bits per heavy atom. The summed E-state index contributed by atoms with van der Waals surface area (Å²) < 4.78 is 0. The molecule has 0 saturated carbocycles. The molecule has 0 aliphatic carbocycles. The second-order valence-electron chi connectivity index (χ2n) is 7.03. The molecule has 3 amide bonds. The minimum absolute atomic E-state index is 0.124. The van der Waals surface area contributed by atoms with Crippen molar-refractivity contribution >= 4 is 36.3 Å². The summed E-state index contributed by atoms with van der Waals surface area (Å²) >= 11 is 3.92. The van der Waals surface area contributed by atoms with Gasteiger partial charge in [-0.05, 0) is 11.5 Å². The zero-order valence-corrected chi connectivity index (χ0v) is 18.0. The van der Waals surface area contributed by atoms with E-state index in [1.54, 1.807) is 31.2 Å². The van der Waals surface area contributed by atoms with Crippen LogP contribution < -0.4 is 21.7 Å². The third kappa shape index (κ3) is 8.42. The van der Waals surface area contributed by atoms with Crippen molar-refractivity contribution in [1.82, 2.24) is 16.0 Å². The summed E-state index contributed by atoms with van der Waals surface area (Å²) in [5.74, 6) is -3.05. The number of amides is 3. The maximum atomic E-state index is 12.8. The summed E-state index contributed by atoms with van der Waals surface area (Å²) in [6.07, 6.45) is 0.722. The summed E-state index contributed by atoms with van der Waals surface area (Å²) in [5, 5.41) is 16.9. The molecule has 0 aromatic heterocycles. The Morgan fingerprint density at radius 3 is 2.27 bits per heavy atom. The standard InChI is InChI=1S/C20H30N4O5S/c1-3-12(2)17(20(28)29)24-19(27)15(9-13-7-5-4-6-8-13)23-16(25)10-22-18(26)14(21)11-30/h4-8,12,14-15,17,30H,3,9-11,21H2,1-2H3,(H,22,26)(H,23,25)(H,24,27)(H,28,29). The van der Waals surface area contributed by atoms with E-state index >= 15 is 0 Å². The van der Waals surface area contributed by atoms with E-state index in [-0.39, 0.29) is 24.6 Å². The quantitative estimate of drug-likeness (QED) is 0.247. The van der Waals surface area contributed by atoms with Crippen molar-refractivity contribution < 1.29 is 24.3 Å². The average Bonchev–Trinajstić information content (AvgIpc) is 2.74. The Hall–Kier alpha value is -2.59. The van der Waals surface area contributed by atoms with Gasteiger partial charge in [0.15, 0.2) is 0 Å². The van der Waals surface area contributed by atoms with Crippen LogP contribution in [0.3, 0.4) is 0 Å².